The lowest BCUT2D eigenvalue weighted by Crippen LogP contribution is -2.20. The lowest BCUT2D eigenvalue weighted by Gasteiger charge is -2.19. The van der Waals surface area contributed by atoms with Crippen LogP contribution in [0.5, 0.6) is 0 Å². The Balaban J connectivity index is 3.03. The van der Waals surface area contributed by atoms with Gasteiger partial charge in [0.15, 0.2) is 0 Å². The molecular weight excluding hydrogens is 172 g/mol. The minimum atomic E-state index is 0.218. The minimum Gasteiger partial charge on any atom is -0.377 e. The van der Waals surface area contributed by atoms with Crippen molar-refractivity contribution in [2.75, 3.05) is 19.0 Å². The van der Waals surface area contributed by atoms with Gasteiger partial charge in [-0.15, -0.1) is 0 Å². The van der Waals surface area contributed by atoms with E-state index in [2.05, 4.69) is 44.1 Å². The lowest BCUT2D eigenvalue weighted by molar-refractivity contribution is 0.736. The van der Waals surface area contributed by atoms with Gasteiger partial charge in [-0.2, -0.15) is 0 Å². The Labute approximate surface area is 86.7 Å². The van der Waals surface area contributed by atoms with E-state index in [4.69, 9.17) is 5.73 Å². The Bertz CT molecular complexity index is 303. The molecule has 1 atom stereocenters. The minimum absolute atomic E-state index is 0.218. The van der Waals surface area contributed by atoms with Crippen LogP contribution >= 0.6 is 0 Å². The zero-order chi connectivity index (χ0) is 10.7. The largest absolute Gasteiger partial charge is 0.377 e. The van der Waals surface area contributed by atoms with Crippen LogP contribution in [0.4, 0.5) is 5.69 Å². The van der Waals surface area contributed by atoms with Gasteiger partial charge >= 0.3 is 0 Å². The fraction of sp³-hybridized carbons (Fsp3) is 0.500. The molecule has 2 N–H and O–H groups in total. The first kappa shape index (κ1) is 11.1. The maximum Gasteiger partial charge on any atom is 0.0394 e. The number of nitrogens with zero attached hydrogens (tertiary/aromatic N) is 1. The number of rotatable bonds is 3. The van der Waals surface area contributed by atoms with Crippen LogP contribution in [0.1, 0.15) is 18.1 Å². The number of benzene rings is 1. The summed E-state index contributed by atoms with van der Waals surface area (Å²) < 4.78 is 0. The van der Waals surface area contributed by atoms with Gasteiger partial charge in [-0.1, -0.05) is 17.7 Å². The maximum absolute atomic E-state index is 5.83. The first-order valence-corrected chi connectivity index (χ1v) is 5.03. The second-order valence-electron chi connectivity index (χ2n) is 4.21. The first-order chi connectivity index (χ1) is 6.50. The first-order valence-electron chi connectivity index (χ1n) is 5.03. The lowest BCUT2D eigenvalue weighted by atomic mass is 10.0. The third-order valence-electron chi connectivity index (χ3n) is 2.26. The van der Waals surface area contributed by atoms with Crippen LogP contribution in [0.3, 0.4) is 0 Å². The normalized spacial score (nSPS) is 12.6. The van der Waals surface area contributed by atoms with Gasteiger partial charge in [0.05, 0.1) is 0 Å². The van der Waals surface area contributed by atoms with E-state index in [0.717, 1.165) is 6.42 Å². The van der Waals surface area contributed by atoms with E-state index in [1.165, 1.54) is 16.8 Å². The van der Waals surface area contributed by atoms with Crippen LogP contribution in [0.15, 0.2) is 18.2 Å². The molecule has 0 amide bonds. The Morgan fingerprint density at radius 2 is 2.00 bits per heavy atom. The summed E-state index contributed by atoms with van der Waals surface area (Å²) in [7, 11) is 4.13. The predicted octanol–water partition coefficient (Wildman–Crippen LogP) is 1.95. The van der Waals surface area contributed by atoms with E-state index in [-0.39, 0.29) is 6.04 Å². The molecule has 0 heterocycles. The van der Waals surface area contributed by atoms with E-state index in [0.29, 0.717) is 0 Å². The summed E-state index contributed by atoms with van der Waals surface area (Å²) in [6, 6.07) is 6.74. The highest BCUT2D eigenvalue weighted by Crippen LogP contribution is 2.21. The molecule has 14 heavy (non-hydrogen) atoms. The SMILES string of the molecule is Cc1ccc(N(C)C)c(CC(C)N)c1. The van der Waals surface area contributed by atoms with Gasteiger partial charge in [0.1, 0.15) is 0 Å². The van der Waals surface area contributed by atoms with Crippen molar-refractivity contribution in [2.24, 2.45) is 5.73 Å². The highest BCUT2D eigenvalue weighted by Gasteiger charge is 2.06. The van der Waals surface area contributed by atoms with Crippen molar-refractivity contribution in [2.45, 2.75) is 26.3 Å². The maximum atomic E-state index is 5.83. The summed E-state index contributed by atoms with van der Waals surface area (Å²) in [4.78, 5) is 2.14. The standard InChI is InChI=1S/C12H20N2/c1-9-5-6-12(14(3)4)11(7-9)8-10(2)13/h5-7,10H,8,13H2,1-4H3. The Morgan fingerprint density at radius 1 is 1.36 bits per heavy atom. The van der Waals surface area contributed by atoms with Gasteiger partial charge in [-0.25, -0.2) is 0 Å². The molecule has 0 fully saturated rings. The second-order valence-corrected chi connectivity index (χ2v) is 4.21. The van der Waals surface area contributed by atoms with Crippen molar-refractivity contribution in [1.29, 1.82) is 0 Å². The van der Waals surface area contributed by atoms with E-state index in [1.807, 2.05) is 6.92 Å². The molecule has 0 saturated heterocycles. The average Bonchev–Trinajstić information content (AvgIpc) is 2.01. The van der Waals surface area contributed by atoms with Gasteiger partial charge in [0, 0.05) is 25.8 Å². The number of anilines is 1. The fourth-order valence-corrected chi connectivity index (χ4v) is 1.66. The molecule has 0 aromatic heterocycles. The van der Waals surface area contributed by atoms with Crippen molar-refractivity contribution in [3.05, 3.63) is 29.3 Å². The van der Waals surface area contributed by atoms with E-state index < -0.39 is 0 Å². The molecule has 1 aromatic rings. The zero-order valence-corrected chi connectivity index (χ0v) is 9.54. The summed E-state index contributed by atoms with van der Waals surface area (Å²) >= 11 is 0. The van der Waals surface area contributed by atoms with E-state index >= 15 is 0 Å². The molecule has 0 aliphatic rings. The molecule has 2 heteroatoms. The Kier molecular flexibility index (Phi) is 3.53. The molecule has 0 bridgehead atoms. The van der Waals surface area contributed by atoms with Crippen LogP contribution in [-0.4, -0.2) is 20.1 Å². The molecule has 2 nitrogen and oxygen atoms in total. The molecule has 78 valence electrons. The summed E-state index contributed by atoms with van der Waals surface area (Å²) in [6.45, 7) is 4.16. The summed E-state index contributed by atoms with van der Waals surface area (Å²) in [5.74, 6) is 0. The van der Waals surface area contributed by atoms with Crippen LogP contribution < -0.4 is 10.6 Å². The molecular formula is C12H20N2. The second kappa shape index (κ2) is 4.47. The number of aryl methyl sites for hydroxylation is 1. The number of hydrogen-bond donors (Lipinski definition) is 1. The summed E-state index contributed by atoms with van der Waals surface area (Å²) in [6.07, 6.45) is 0.940. The Morgan fingerprint density at radius 3 is 2.50 bits per heavy atom. The highest BCUT2D eigenvalue weighted by atomic mass is 15.1. The molecule has 0 radical (unpaired) electrons. The third kappa shape index (κ3) is 2.74. The van der Waals surface area contributed by atoms with Gasteiger partial charge in [-0.05, 0) is 31.9 Å². The summed E-state index contributed by atoms with van der Waals surface area (Å²) in [5.41, 5.74) is 9.73. The fourth-order valence-electron chi connectivity index (χ4n) is 1.66. The van der Waals surface area contributed by atoms with Crippen LogP contribution in [-0.2, 0) is 6.42 Å². The molecule has 1 rings (SSSR count). The summed E-state index contributed by atoms with van der Waals surface area (Å²) in [5, 5.41) is 0. The van der Waals surface area contributed by atoms with E-state index in [9.17, 15) is 0 Å². The van der Waals surface area contributed by atoms with E-state index in [1.54, 1.807) is 0 Å². The van der Waals surface area contributed by atoms with Crippen molar-refractivity contribution < 1.29 is 0 Å². The van der Waals surface area contributed by atoms with Gasteiger partial charge in [0.2, 0.25) is 0 Å². The van der Waals surface area contributed by atoms with Crippen molar-refractivity contribution in [1.82, 2.24) is 0 Å². The quantitative estimate of drug-likeness (QED) is 0.793. The third-order valence-corrected chi connectivity index (χ3v) is 2.26. The molecule has 0 spiro atoms. The van der Waals surface area contributed by atoms with Crippen molar-refractivity contribution >= 4 is 5.69 Å². The highest BCUT2D eigenvalue weighted by molar-refractivity contribution is 5.54. The topological polar surface area (TPSA) is 29.3 Å². The number of hydrogen-bond acceptors (Lipinski definition) is 2. The molecule has 1 unspecified atom stereocenters. The van der Waals surface area contributed by atoms with Crippen molar-refractivity contribution in [3.8, 4) is 0 Å². The molecule has 1 aromatic carbocycles. The number of nitrogens with two attached hydrogens (primary N) is 1. The predicted molar refractivity (Wildman–Crippen MR) is 62.9 cm³/mol. The zero-order valence-electron chi connectivity index (χ0n) is 9.54. The molecule has 0 aliphatic carbocycles. The average molecular weight is 192 g/mol. The van der Waals surface area contributed by atoms with Crippen LogP contribution in [0.2, 0.25) is 0 Å². The van der Waals surface area contributed by atoms with Crippen molar-refractivity contribution in [3.63, 3.8) is 0 Å². The Hall–Kier alpha value is -1.02. The van der Waals surface area contributed by atoms with Crippen LogP contribution in [0, 0.1) is 6.92 Å². The van der Waals surface area contributed by atoms with Crippen LogP contribution in [0.25, 0.3) is 0 Å². The van der Waals surface area contributed by atoms with Gasteiger partial charge < -0.3 is 10.6 Å². The van der Waals surface area contributed by atoms with Gasteiger partial charge in [0.25, 0.3) is 0 Å². The smallest absolute Gasteiger partial charge is 0.0394 e. The molecule has 0 aliphatic heterocycles. The van der Waals surface area contributed by atoms with Gasteiger partial charge in [-0.3, -0.25) is 0 Å². The molecule has 0 saturated carbocycles. The monoisotopic (exact) mass is 192 g/mol.